The Kier molecular flexibility index (Phi) is 17.8. The molecule has 0 bridgehead atoms. The molecule has 0 spiro atoms. The molecule has 0 unspecified atom stereocenters. The summed E-state index contributed by atoms with van der Waals surface area (Å²) in [5, 5.41) is 9.93. The number of nitrogens with one attached hydrogen (secondary N) is 1. The van der Waals surface area contributed by atoms with Crippen LogP contribution < -0.4 is 11.3 Å². The number of hydrogen-bond donors (Lipinski definition) is 5. The number of imidazole rings is 1. The van der Waals surface area contributed by atoms with Crippen LogP contribution in [-0.2, 0) is 13.8 Å². The number of rotatable bonds is 4. The molecular formula is C10H22N5Na2O11P. The number of aliphatic hydroxyl groups is 1. The Labute approximate surface area is 206 Å². The van der Waals surface area contributed by atoms with Crippen LogP contribution in [0.25, 0.3) is 11.2 Å². The first kappa shape index (κ1) is 36.4. The third-order valence-corrected chi connectivity index (χ3v) is 3.86. The first-order chi connectivity index (χ1) is 10.7. The standard InChI is InChI=1S/C10H14N5O7P.2Na.4H2O/c11-10-13-8-7(9(17)14-10)12-3-15(8)6-1-4(16)5(22-6)2-21-23(18,19)20;;;;;;/h3-6,16H,1-2H2,(H2,18,19,20)(H3,11,13,14,17);;;4*1H2/t4-,5+,6+;;;;;;/m0....../s1. The Morgan fingerprint density at radius 2 is 1.90 bits per heavy atom. The van der Waals surface area contributed by atoms with Gasteiger partial charge in [0.25, 0.3) is 5.56 Å². The van der Waals surface area contributed by atoms with Gasteiger partial charge < -0.3 is 47.3 Å². The second kappa shape index (κ2) is 14.2. The van der Waals surface area contributed by atoms with Gasteiger partial charge in [-0.15, -0.1) is 0 Å². The molecule has 1 aliphatic heterocycles. The number of hydrogen-bond acceptors (Lipinski definition) is 8. The van der Waals surface area contributed by atoms with E-state index in [1.165, 1.54) is 10.9 Å². The number of nitrogens with two attached hydrogens (primary N) is 1. The first-order valence-electron chi connectivity index (χ1n) is 6.50. The summed E-state index contributed by atoms with van der Waals surface area (Å²) in [7, 11) is -4.66. The van der Waals surface area contributed by atoms with Crippen LogP contribution in [0.3, 0.4) is 0 Å². The van der Waals surface area contributed by atoms with Crippen LogP contribution in [0.1, 0.15) is 12.6 Å². The molecule has 14 N–H and O–H groups in total. The molecule has 16 nitrogen and oxygen atoms in total. The van der Waals surface area contributed by atoms with Crippen LogP contribution in [-0.4, -0.2) is 134 Å². The second-order valence-electron chi connectivity index (χ2n) is 4.99. The topological polar surface area (TPSA) is 312 Å². The number of aliphatic hydroxyl groups excluding tert-OH is 1. The summed E-state index contributed by atoms with van der Waals surface area (Å²) in [5.41, 5.74) is 5.23. The molecule has 160 valence electrons. The van der Waals surface area contributed by atoms with Crippen LogP contribution in [0, 0.1) is 0 Å². The number of fused-ring (bicyclic) bond motifs is 1. The quantitative estimate of drug-likeness (QED) is 0.210. The fourth-order valence-electron chi connectivity index (χ4n) is 2.36. The number of phosphoric ester groups is 1. The maximum Gasteiger partial charge on any atom is 0.469 e. The van der Waals surface area contributed by atoms with Crippen molar-refractivity contribution < 1.29 is 50.6 Å². The molecule has 0 saturated carbocycles. The number of aromatic nitrogens is 4. The number of aromatic amines is 1. The fraction of sp³-hybridized carbons (Fsp3) is 0.500. The molecule has 0 aromatic carbocycles. The smallest absolute Gasteiger partial charge is 0.412 e. The van der Waals surface area contributed by atoms with Crippen molar-refractivity contribution in [1.29, 1.82) is 0 Å². The summed E-state index contributed by atoms with van der Waals surface area (Å²) in [6.45, 7) is -0.481. The van der Waals surface area contributed by atoms with Gasteiger partial charge in [0.1, 0.15) is 12.3 Å². The Balaban J connectivity index is -0.000000521. The maximum atomic E-state index is 11.7. The number of nitrogen functional groups attached to an aromatic ring is 1. The van der Waals surface area contributed by atoms with Gasteiger partial charge in [0.05, 0.1) is 19.0 Å². The SMILES string of the molecule is Nc1nc2c(ncn2[C@H]2C[C@H](O)[C@@H](COP(=O)(O)O)O2)c(=O)[nH]1.O.O.O.O.[Na].[Na]. The predicted octanol–water partition coefficient (Wildman–Crippen LogP) is -5.60. The Morgan fingerprint density at radius 3 is 2.45 bits per heavy atom. The van der Waals surface area contributed by atoms with E-state index in [1.54, 1.807) is 0 Å². The summed E-state index contributed by atoms with van der Waals surface area (Å²) in [5.74, 6) is -0.0934. The summed E-state index contributed by atoms with van der Waals surface area (Å²) in [4.78, 5) is 39.3. The molecule has 2 aromatic heterocycles. The summed E-state index contributed by atoms with van der Waals surface area (Å²) in [6.07, 6.45) is -1.26. The van der Waals surface area contributed by atoms with Gasteiger partial charge in [0.2, 0.25) is 5.95 Å². The van der Waals surface area contributed by atoms with Crippen molar-refractivity contribution in [1.82, 2.24) is 19.5 Å². The third-order valence-electron chi connectivity index (χ3n) is 3.37. The fourth-order valence-corrected chi connectivity index (χ4v) is 2.70. The van der Waals surface area contributed by atoms with E-state index in [0.29, 0.717) is 0 Å². The normalized spacial score (nSPS) is 20.0. The number of ether oxygens (including phenoxy) is 1. The zero-order chi connectivity index (χ0) is 16.8. The molecule has 0 aliphatic carbocycles. The van der Waals surface area contributed by atoms with Crippen molar-refractivity contribution in [2.45, 2.75) is 24.9 Å². The van der Waals surface area contributed by atoms with Gasteiger partial charge in [-0.05, 0) is 0 Å². The van der Waals surface area contributed by atoms with Crippen LogP contribution in [0.15, 0.2) is 11.1 Å². The van der Waals surface area contributed by atoms with Crippen LogP contribution in [0.2, 0.25) is 0 Å². The number of nitrogens with zero attached hydrogens (tertiary/aromatic N) is 3. The Hall–Kier alpha value is 0.0200. The largest absolute Gasteiger partial charge is 0.469 e. The van der Waals surface area contributed by atoms with Gasteiger partial charge >= 0.3 is 7.82 Å². The molecule has 19 heteroatoms. The van der Waals surface area contributed by atoms with Gasteiger partial charge in [-0.3, -0.25) is 18.9 Å². The van der Waals surface area contributed by atoms with E-state index in [-0.39, 0.29) is 105 Å². The molecule has 0 amide bonds. The van der Waals surface area contributed by atoms with Crippen molar-refractivity contribution in [2.24, 2.45) is 0 Å². The van der Waals surface area contributed by atoms with Gasteiger partial charge in [-0.25, -0.2) is 9.55 Å². The second-order valence-corrected chi connectivity index (χ2v) is 6.23. The summed E-state index contributed by atoms with van der Waals surface area (Å²) in [6, 6.07) is 0. The van der Waals surface area contributed by atoms with Gasteiger partial charge in [-0.2, -0.15) is 4.98 Å². The molecule has 3 rings (SSSR count). The van der Waals surface area contributed by atoms with Gasteiger partial charge in [0.15, 0.2) is 11.2 Å². The van der Waals surface area contributed by atoms with E-state index < -0.39 is 38.4 Å². The van der Waals surface area contributed by atoms with Gasteiger partial charge in [0, 0.05) is 65.5 Å². The van der Waals surface area contributed by atoms with E-state index in [2.05, 4.69) is 19.5 Å². The number of H-pyrrole nitrogens is 1. The Bertz CT molecular complexity index is 845. The minimum atomic E-state index is -4.66. The van der Waals surface area contributed by atoms with Crippen molar-refractivity contribution in [2.75, 3.05) is 12.3 Å². The molecule has 1 saturated heterocycles. The third kappa shape index (κ3) is 8.58. The van der Waals surface area contributed by atoms with Crippen molar-refractivity contribution in [3.63, 3.8) is 0 Å². The van der Waals surface area contributed by atoms with Crippen LogP contribution >= 0.6 is 7.82 Å². The molecule has 2 radical (unpaired) electrons. The number of anilines is 1. The average molecular weight is 465 g/mol. The molecule has 1 fully saturated rings. The van der Waals surface area contributed by atoms with Crippen molar-refractivity contribution >= 4 is 84.0 Å². The minimum absolute atomic E-state index is 0. The summed E-state index contributed by atoms with van der Waals surface area (Å²) >= 11 is 0. The van der Waals surface area contributed by atoms with E-state index >= 15 is 0 Å². The molecular weight excluding hydrogens is 443 g/mol. The molecule has 3 atom stereocenters. The van der Waals surface area contributed by atoms with Crippen molar-refractivity contribution in [3.05, 3.63) is 16.7 Å². The van der Waals surface area contributed by atoms with E-state index in [0.717, 1.165) is 0 Å². The van der Waals surface area contributed by atoms with E-state index in [4.69, 9.17) is 20.3 Å². The number of phosphoric acid groups is 1. The van der Waals surface area contributed by atoms with E-state index in [9.17, 15) is 14.5 Å². The first-order valence-corrected chi connectivity index (χ1v) is 8.03. The van der Waals surface area contributed by atoms with E-state index in [1.807, 2.05) is 0 Å². The summed E-state index contributed by atoms with van der Waals surface area (Å²) < 4.78 is 22.0. The zero-order valence-electron chi connectivity index (χ0n) is 15.6. The van der Waals surface area contributed by atoms with Crippen LogP contribution in [0.5, 0.6) is 0 Å². The Morgan fingerprint density at radius 1 is 1.31 bits per heavy atom. The zero-order valence-corrected chi connectivity index (χ0v) is 20.5. The van der Waals surface area contributed by atoms with Crippen molar-refractivity contribution in [3.8, 4) is 0 Å². The minimum Gasteiger partial charge on any atom is -0.412 e. The molecule has 3 heterocycles. The molecule has 1 aliphatic rings. The van der Waals surface area contributed by atoms with Crippen LogP contribution in [0.4, 0.5) is 5.95 Å². The molecule has 29 heavy (non-hydrogen) atoms. The monoisotopic (exact) mass is 465 g/mol. The van der Waals surface area contributed by atoms with Gasteiger partial charge in [-0.1, -0.05) is 0 Å². The average Bonchev–Trinajstić information content (AvgIpc) is 2.99. The predicted molar refractivity (Wildman–Crippen MR) is 101 cm³/mol. The maximum absolute atomic E-state index is 11.7. The molecule has 2 aromatic rings.